The van der Waals surface area contributed by atoms with E-state index in [1.165, 1.54) is 0 Å². The minimum absolute atomic E-state index is 0.0841. The van der Waals surface area contributed by atoms with Crippen LogP contribution in [0.25, 0.3) is 0 Å². The van der Waals surface area contributed by atoms with Crippen molar-refractivity contribution < 1.29 is 9.90 Å². The zero-order chi connectivity index (χ0) is 9.56. The summed E-state index contributed by atoms with van der Waals surface area (Å²) in [5.74, 6) is -0.799. The fraction of sp³-hybridized carbons (Fsp3) is 0.444. The number of carboxylic acids is 1. The molecule has 0 fully saturated rings. The quantitative estimate of drug-likeness (QED) is 0.627. The lowest BCUT2D eigenvalue weighted by Gasteiger charge is -1.99. The van der Waals surface area contributed by atoms with Crippen molar-refractivity contribution >= 4 is 5.97 Å². The average molecular weight is 169 g/mol. The van der Waals surface area contributed by atoms with E-state index >= 15 is 0 Å². The largest absolute Gasteiger partial charge is 0.481 e. The van der Waals surface area contributed by atoms with Gasteiger partial charge in [0.1, 0.15) is 0 Å². The van der Waals surface area contributed by atoms with Crippen LogP contribution in [0.3, 0.4) is 0 Å². The van der Waals surface area contributed by atoms with Gasteiger partial charge in [-0.1, -0.05) is 11.6 Å². The molecule has 0 amide bonds. The maximum Gasteiger partial charge on any atom is 0.307 e. The van der Waals surface area contributed by atoms with Gasteiger partial charge >= 0.3 is 5.97 Å². The topological polar surface area (TPSA) is 49.3 Å². The van der Waals surface area contributed by atoms with Crippen LogP contribution in [0.5, 0.6) is 0 Å². The van der Waals surface area contributed by atoms with Crippen molar-refractivity contribution in [3.8, 4) is 0 Å². The molecule has 0 aliphatic heterocycles. The minimum Gasteiger partial charge on any atom is -0.481 e. The number of rotatable bonds is 4. The molecule has 0 aliphatic carbocycles. The van der Waals surface area contributed by atoms with E-state index in [4.69, 9.17) is 5.11 Å². The van der Waals surface area contributed by atoms with Gasteiger partial charge in [0, 0.05) is 7.05 Å². The van der Waals surface area contributed by atoms with Gasteiger partial charge < -0.3 is 10.4 Å². The molecule has 0 radical (unpaired) electrons. The SMILES string of the molecule is CN/C=C(C)\C(C)=C\CC(=O)O. The average Bonchev–Trinajstić information content (AvgIpc) is 2.00. The first-order valence-corrected chi connectivity index (χ1v) is 3.81. The van der Waals surface area contributed by atoms with E-state index in [0.717, 1.165) is 11.1 Å². The van der Waals surface area contributed by atoms with E-state index < -0.39 is 5.97 Å². The van der Waals surface area contributed by atoms with E-state index in [2.05, 4.69) is 5.32 Å². The summed E-state index contributed by atoms with van der Waals surface area (Å²) < 4.78 is 0. The van der Waals surface area contributed by atoms with Crippen LogP contribution in [-0.2, 0) is 4.79 Å². The van der Waals surface area contributed by atoms with Gasteiger partial charge in [-0.3, -0.25) is 4.79 Å². The van der Waals surface area contributed by atoms with Gasteiger partial charge in [-0.25, -0.2) is 0 Å². The van der Waals surface area contributed by atoms with Crippen molar-refractivity contribution in [2.45, 2.75) is 20.3 Å². The number of hydrogen-bond acceptors (Lipinski definition) is 2. The molecule has 0 aromatic carbocycles. The van der Waals surface area contributed by atoms with Gasteiger partial charge in [0.15, 0.2) is 0 Å². The molecule has 0 rings (SSSR count). The number of nitrogens with one attached hydrogen (secondary N) is 1. The normalized spacial score (nSPS) is 12.9. The Morgan fingerprint density at radius 1 is 1.42 bits per heavy atom. The smallest absolute Gasteiger partial charge is 0.307 e. The Kier molecular flexibility index (Phi) is 4.84. The second-order valence-corrected chi connectivity index (χ2v) is 2.60. The zero-order valence-electron chi connectivity index (χ0n) is 7.72. The highest BCUT2D eigenvalue weighted by Crippen LogP contribution is 2.07. The molecule has 0 bridgehead atoms. The molecule has 0 aromatic heterocycles. The number of carboxylic acid groups (broad SMARTS) is 1. The van der Waals surface area contributed by atoms with E-state index in [9.17, 15) is 4.79 Å². The molecule has 0 atom stereocenters. The summed E-state index contributed by atoms with van der Waals surface area (Å²) in [5, 5.41) is 11.3. The molecule has 0 saturated heterocycles. The molecule has 0 unspecified atom stereocenters. The van der Waals surface area contributed by atoms with Gasteiger partial charge in [-0.2, -0.15) is 0 Å². The Morgan fingerprint density at radius 3 is 2.42 bits per heavy atom. The van der Waals surface area contributed by atoms with Crippen LogP contribution in [-0.4, -0.2) is 18.1 Å². The van der Waals surface area contributed by atoms with Crippen LogP contribution < -0.4 is 5.32 Å². The lowest BCUT2D eigenvalue weighted by molar-refractivity contribution is -0.136. The fourth-order valence-corrected chi connectivity index (χ4v) is 0.732. The highest BCUT2D eigenvalue weighted by Gasteiger charge is 1.95. The molecule has 0 aliphatic rings. The molecule has 3 heteroatoms. The number of allylic oxidation sites excluding steroid dienone is 2. The first kappa shape index (κ1) is 10.8. The van der Waals surface area contributed by atoms with Crippen molar-refractivity contribution in [3.05, 3.63) is 23.4 Å². The van der Waals surface area contributed by atoms with Crippen LogP contribution in [0.2, 0.25) is 0 Å². The third-order valence-electron chi connectivity index (χ3n) is 1.57. The fourth-order valence-electron chi connectivity index (χ4n) is 0.732. The van der Waals surface area contributed by atoms with Crippen LogP contribution >= 0.6 is 0 Å². The first-order chi connectivity index (χ1) is 5.57. The van der Waals surface area contributed by atoms with Gasteiger partial charge in [0.25, 0.3) is 0 Å². The molecule has 12 heavy (non-hydrogen) atoms. The standard InChI is InChI=1S/C9H15NO2/c1-7(4-5-9(11)12)8(2)6-10-3/h4,6,10H,5H2,1-3H3,(H,11,12)/b7-4+,8-6-. The number of hydrogen-bond donors (Lipinski definition) is 2. The molecule has 0 saturated carbocycles. The maximum atomic E-state index is 10.2. The van der Waals surface area contributed by atoms with Gasteiger partial charge in [-0.05, 0) is 25.6 Å². The first-order valence-electron chi connectivity index (χ1n) is 3.81. The van der Waals surface area contributed by atoms with Crippen molar-refractivity contribution in [2.75, 3.05) is 7.05 Å². The predicted molar refractivity (Wildman–Crippen MR) is 48.8 cm³/mol. The lowest BCUT2D eigenvalue weighted by Crippen LogP contribution is -1.96. The van der Waals surface area contributed by atoms with Crippen molar-refractivity contribution in [3.63, 3.8) is 0 Å². The Bertz CT molecular complexity index is 217. The highest BCUT2D eigenvalue weighted by molar-refractivity contribution is 5.69. The molecular formula is C9H15NO2. The second-order valence-electron chi connectivity index (χ2n) is 2.60. The number of carbonyl (C=O) groups is 1. The van der Waals surface area contributed by atoms with Gasteiger partial charge in [0.05, 0.1) is 6.42 Å². The molecule has 0 heterocycles. The summed E-state index contributed by atoms with van der Waals surface area (Å²) >= 11 is 0. The molecular weight excluding hydrogens is 154 g/mol. The Balaban J connectivity index is 4.17. The van der Waals surface area contributed by atoms with Gasteiger partial charge in [0.2, 0.25) is 0 Å². The van der Waals surface area contributed by atoms with E-state index in [1.807, 2.05) is 27.1 Å². The molecule has 0 aromatic rings. The predicted octanol–water partition coefficient (Wildman–Crippen LogP) is 1.53. The summed E-state index contributed by atoms with van der Waals surface area (Å²) in [4.78, 5) is 10.2. The van der Waals surface area contributed by atoms with Gasteiger partial charge in [-0.15, -0.1) is 0 Å². The summed E-state index contributed by atoms with van der Waals surface area (Å²) in [6.45, 7) is 3.83. The lowest BCUT2D eigenvalue weighted by atomic mass is 10.1. The van der Waals surface area contributed by atoms with Crippen LogP contribution in [0.15, 0.2) is 23.4 Å². The molecule has 0 spiro atoms. The molecule has 2 N–H and O–H groups in total. The van der Waals surface area contributed by atoms with Crippen LogP contribution in [0.1, 0.15) is 20.3 Å². The van der Waals surface area contributed by atoms with E-state index in [0.29, 0.717) is 0 Å². The van der Waals surface area contributed by atoms with Crippen LogP contribution in [0.4, 0.5) is 0 Å². The van der Waals surface area contributed by atoms with Crippen molar-refractivity contribution in [1.82, 2.24) is 5.32 Å². The van der Waals surface area contributed by atoms with Crippen molar-refractivity contribution in [1.29, 1.82) is 0 Å². The molecule has 68 valence electrons. The van der Waals surface area contributed by atoms with E-state index in [1.54, 1.807) is 6.08 Å². The Labute approximate surface area is 72.8 Å². The van der Waals surface area contributed by atoms with Crippen molar-refractivity contribution in [2.24, 2.45) is 0 Å². The summed E-state index contributed by atoms with van der Waals surface area (Å²) in [7, 11) is 1.81. The third kappa shape index (κ3) is 4.55. The summed E-state index contributed by atoms with van der Waals surface area (Å²) in [6.07, 6.45) is 3.62. The highest BCUT2D eigenvalue weighted by atomic mass is 16.4. The number of aliphatic carboxylic acids is 1. The Morgan fingerprint density at radius 2 is 2.00 bits per heavy atom. The van der Waals surface area contributed by atoms with Crippen LogP contribution in [0, 0.1) is 0 Å². The third-order valence-corrected chi connectivity index (χ3v) is 1.57. The monoisotopic (exact) mass is 169 g/mol. The van der Waals surface area contributed by atoms with E-state index in [-0.39, 0.29) is 6.42 Å². The molecule has 3 nitrogen and oxygen atoms in total. The summed E-state index contributed by atoms with van der Waals surface area (Å²) in [5.41, 5.74) is 2.05. The summed E-state index contributed by atoms with van der Waals surface area (Å²) in [6, 6.07) is 0. The maximum absolute atomic E-state index is 10.2. The minimum atomic E-state index is -0.799. The second kappa shape index (κ2) is 5.41. The zero-order valence-corrected chi connectivity index (χ0v) is 7.72. The Hall–Kier alpha value is -1.25.